The Labute approximate surface area is 341 Å². The molecule has 4 N–H and O–H groups in total. The van der Waals surface area contributed by atoms with E-state index in [-0.39, 0.29) is 17.6 Å². The number of hydrogen-bond donors (Lipinski definition) is 4. The van der Waals surface area contributed by atoms with Crippen LogP contribution in [0, 0.1) is 11.6 Å². The average Bonchev–Trinajstić information content (AvgIpc) is 3.75. The Kier molecular flexibility index (Phi) is 14.4. The number of aryl methyl sites for hydroxylation is 2. The van der Waals surface area contributed by atoms with Crippen molar-refractivity contribution in [1.29, 1.82) is 0 Å². The minimum atomic E-state index is -0.395. The Bertz CT molecular complexity index is 2070. The van der Waals surface area contributed by atoms with Crippen LogP contribution in [0.3, 0.4) is 0 Å². The first-order valence-corrected chi connectivity index (χ1v) is 21.2. The number of likely N-dealkylation sites (tertiary alicyclic amines) is 2. The zero-order valence-corrected chi connectivity index (χ0v) is 33.4. The van der Waals surface area contributed by atoms with Gasteiger partial charge in [0.25, 0.3) is 11.8 Å². The molecule has 4 aliphatic heterocycles. The summed E-state index contributed by atoms with van der Waals surface area (Å²) in [5, 5.41) is 11.7. The number of nitrogens with one attached hydrogen (secondary N) is 4. The van der Waals surface area contributed by atoms with Gasteiger partial charge in [0.15, 0.2) is 0 Å². The Hall–Kier alpha value is -5.32. The van der Waals surface area contributed by atoms with Crippen molar-refractivity contribution in [1.82, 2.24) is 9.80 Å². The molecule has 4 aromatic carbocycles. The number of anilines is 4. The molecule has 10 heteroatoms. The van der Waals surface area contributed by atoms with Gasteiger partial charge in [0.1, 0.15) is 11.6 Å². The zero-order valence-electron chi connectivity index (χ0n) is 33.4. The Balaban J connectivity index is 0.000000177. The SMILES string of the molecule is O=C1Nc2ccc(F)cc2/C1=C\Nc1ccc(CCCCN2CCCCC2)cc1.O=C1Nc2cccc(F)c2/C1=C\Nc1ccc(CCCCN2CCCCC2)cc1. The van der Waals surface area contributed by atoms with Crippen molar-refractivity contribution < 1.29 is 18.4 Å². The van der Waals surface area contributed by atoms with E-state index in [1.54, 1.807) is 30.6 Å². The topological polar surface area (TPSA) is 88.7 Å². The first-order valence-electron chi connectivity index (χ1n) is 21.2. The maximum absolute atomic E-state index is 14.1. The molecule has 0 bridgehead atoms. The zero-order chi connectivity index (χ0) is 40.1. The third-order valence-electron chi connectivity index (χ3n) is 11.5. The van der Waals surface area contributed by atoms with Gasteiger partial charge in [-0.3, -0.25) is 9.59 Å². The van der Waals surface area contributed by atoms with Crippen LogP contribution in [0.5, 0.6) is 0 Å². The van der Waals surface area contributed by atoms with E-state index in [1.807, 2.05) is 24.3 Å². The predicted molar refractivity (Wildman–Crippen MR) is 233 cm³/mol. The Morgan fingerprint density at radius 2 is 1.09 bits per heavy atom. The lowest BCUT2D eigenvalue weighted by Gasteiger charge is -2.26. The van der Waals surface area contributed by atoms with Gasteiger partial charge >= 0.3 is 0 Å². The van der Waals surface area contributed by atoms with Crippen molar-refractivity contribution >= 4 is 45.7 Å². The van der Waals surface area contributed by atoms with Gasteiger partial charge in [0.2, 0.25) is 0 Å². The molecule has 58 heavy (non-hydrogen) atoms. The number of carbonyl (C=O) groups excluding carboxylic acids is 2. The summed E-state index contributed by atoms with van der Waals surface area (Å²) in [6, 6.07) is 25.5. The summed E-state index contributed by atoms with van der Waals surface area (Å²) in [4.78, 5) is 29.4. The number of hydrogen-bond acceptors (Lipinski definition) is 6. The quantitative estimate of drug-likeness (QED) is 0.0752. The molecule has 4 heterocycles. The smallest absolute Gasteiger partial charge is 0.257 e. The fourth-order valence-electron chi connectivity index (χ4n) is 8.19. The number of piperidine rings is 2. The number of halogens is 2. The summed E-state index contributed by atoms with van der Waals surface area (Å²) < 4.78 is 27.6. The van der Waals surface area contributed by atoms with E-state index in [9.17, 15) is 18.4 Å². The van der Waals surface area contributed by atoms with Crippen LogP contribution in [-0.4, -0.2) is 60.9 Å². The van der Waals surface area contributed by atoms with Crippen LogP contribution >= 0.6 is 0 Å². The van der Waals surface area contributed by atoms with Crippen molar-refractivity contribution in [2.75, 3.05) is 60.5 Å². The highest BCUT2D eigenvalue weighted by Crippen LogP contribution is 2.34. The van der Waals surface area contributed by atoms with E-state index < -0.39 is 5.82 Å². The van der Waals surface area contributed by atoms with Gasteiger partial charge in [-0.25, -0.2) is 8.78 Å². The van der Waals surface area contributed by atoms with Crippen molar-refractivity contribution in [3.63, 3.8) is 0 Å². The van der Waals surface area contributed by atoms with Gasteiger partial charge < -0.3 is 31.1 Å². The molecule has 4 aliphatic rings. The van der Waals surface area contributed by atoms with Gasteiger partial charge in [-0.1, -0.05) is 43.2 Å². The lowest BCUT2D eigenvalue weighted by Crippen LogP contribution is -2.30. The molecule has 0 spiro atoms. The third kappa shape index (κ3) is 11.2. The molecule has 8 rings (SSSR count). The fraction of sp³-hybridized carbons (Fsp3) is 0.375. The van der Waals surface area contributed by atoms with Gasteiger partial charge in [0, 0.05) is 40.6 Å². The first-order chi connectivity index (χ1) is 28.4. The Morgan fingerprint density at radius 1 is 0.569 bits per heavy atom. The van der Waals surface area contributed by atoms with Crippen LogP contribution in [-0.2, 0) is 22.4 Å². The van der Waals surface area contributed by atoms with Crippen molar-refractivity contribution in [3.8, 4) is 0 Å². The minimum absolute atomic E-state index is 0.219. The van der Waals surface area contributed by atoms with Gasteiger partial charge in [-0.2, -0.15) is 0 Å². The molecule has 0 unspecified atom stereocenters. The highest BCUT2D eigenvalue weighted by atomic mass is 19.1. The number of nitrogens with zero attached hydrogens (tertiary/aromatic N) is 2. The predicted octanol–water partition coefficient (Wildman–Crippen LogP) is 10.1. The lowest BCUT2D eigenvalue weighted by atomic mass is 10.1. The molecule has 8 nitrogen and oxygen atoms in total. The number of rotatable bonds is 14. The molecular formula is C48H56F2N6O2. The summed E-state index contributed by atoms with van der Waals surface area (Å²) in [7, 11) is 0. The molecule has 0 aliphatic carbocycles. The van der Waals surface area contributed by atoms with Crippen LogP contribution in [0.4, 0.5) is 31.5 Å². The second-order valence-corrected chi connectivity index (χ2v) is 15.8. The van der Waals surface area contributed by atoms with Gasteiger partial charge in [0.05, 0.1) is 16.8 Å². The average molecular weight is 787 g/mol. The number of benzene rings is 4. The van der Waals surface area contributed by atoms with E-state index in [0.717, 1.165) is 24.2 Å². The van der Waals surface area contributed by atoms with Crippen LogP contribution in [0.2, 0.25) is 0 Å². The fourth-order valence-corrected chi connectivity index (χ4v) is 8.19. The number of amides is 2. The molecule has 2 saturated heterocycles. The normalized spacial score (nSPS) is 18.0. The molecule has 0 aromatic heterocycles. The monoisotopic (exact) mass is 786 g/mol. The van der Waals surface area contributed by atoms with Crippen molar-refractivity contribution in [2.45, 2.75) is 77.0 Å². The number of carbonyl (C=O) groups is 2. The van der Waals surface area contributed by atoms with Gasteiger partial charge in [-0.05, 0) is 169 Å². The second kappa shape index (κ2) is 20.4. The maximum Gasteiger partial charge on any atom is 0.257 e. The van der Waals surface area contributed by atoms with Crippen molar-refractivity contribution in [2.24, 2.45) is 0 Å². The highest BCUT2D eigenvalue weighted by molar-refractivity contribution is 6.32. The maximum atomic E-state index is 14.1. The first kappa shape index (κ1) is 40.9. The van der Waals surface area contributed by atoms with Crippen LogP contribution in [0.25, 0.3) is 11.1 Å². The number of unbranched alkanes of at least 4 members (excludes halogenated alkanes) is 2. The minimum Gasteiger partial charge on any atom is -0.361 e. The van der Waals surface area contributed by atoms with E-state index in [2.05, 4.69) is 55.3 Å². The second-order valence-electron chi connectivity index (χ2n) is 15.8. The largest absolute Gasteiger partial charge is 0.361 e. The van der Waals surface area contributed by atoms with Crippen LogP contribution in [0.1, 0.15) is 86.5 Å². The van der Waals surface area contributed by atoms with Crippen LogP contribution < -0.4 is 21.3 Å². The molecular weight excluding hydrogens is 731 g/mol. The summed E-state index contributed by atoms with van der Waals surface area (Å²) in [5.74, 6) is -1.25. The summed E-state index contributed by atoms with van der Waals surface area (Å²) in [6.07, 6.45) is 18.5. The summed E-state index contributed by atoms with van der Waals surface area (Å²) >= 11 is 0. The molecule has 2 amide bonds. The molecule has 304 valence electrons. The summed E-state index contributed by atoms with van der Waals surface area (Å²) in [6.45, 7) is 7.51. The van der Waals surface area contributed by atoms with E-state index in [0.29, 0.717) is 33.6 Å². The van der Waals surface area contributed by atoms with E-state index in [4.69, 9.17) is 0 Å². The molecule has 4 aromatic rings. The summed E-state index contributed by atoms with van der Waals surface area (Å²) in [5.41, 5.74) is 7.28. The molecule has 0 saturated carbocycles. The van der Waals surface area contributed by atoms with Gasteiger partial charge in [-0.15, -0.1) is 0 Å². The number of fused-ring (bicyclic) bond motifs is 2. The highest BCUT2D eigenvalue weighted by Gasteiger charge is 2.27. The van der Waals surface area contributed by atoms with E-state index >= 15 is 0 Å². The van der Waals surface area contributed by atoms with Crippen molar-refractivity contribution in [3.05, 3.63) is 131 Å². The Morgan fingerprint density at radius 3 is 1.66 bits per heavy atom. The van der Waals surface area contributed by atoms with E-state index in [1.165, 1.54) is 133 Å². The standard InChI is InChI=1S/2C24H28FN3O/c25-21-8-6-9-22-23(21)20(24(29)27-22)17-26-19-12-10-18(11-13-19)7-2-5-16-28-14-3-1-4-15-28;25-19-9-12-23-21(16-19)22(24(29)27-23)17-26-20-10-7-18(8-11-20)6-2-5-15-28-13-3-1-4-14-28/h6,8-13,17,26H,1-5,7,14-16H2,(H,27,29);7-12,16-17,26H,1-6,13-15H2,(H,27,29)/b20-17+;22-17+. The lowest BCUT2D eigenvalue weighted by molar-refractivity contribution is -0.111. The molecule has 0 atom stereocenters. The third-order valence-corrected chi connectivity index (χ3v) is 11.5. The molecule has 2 fully saturated rings. The molecule has 0 radical (unpaired) electrons. The van der Waals surface area contributed by atoms with Crippen LogP contribution in [0.15, 0.2) is 97.3 Å².